The van der Waals surface area contributed by atoms with Crippen LogP contribution in [0.2, 0.25) is 0 Å². The summed E-state index contributed by atoms with van der Waals surface area (Å²) >= 11 is 0. The Morgan fingerprint density at radius 3 is 2.57 bits per heavy atom. The third-order valence-corrected chi connectivity index (χ3v) is 3.25. The van der Waals surface area contributed by atoms with Crippen LogP contribution in [0, 0.1) is 0 Å². The van der Waals surface area contributed by atoms with Gasteiger partial charge in [0.05, 0.1) is 5.69 Å². The first-order chi connectivity index (χ1) is 11.3. The quantitative estimate of drug-likeness (QED) is 0.722. The normalized spacial score (nSPS) is 11.9. The number of aromatic amines is 1. The second kappa shape index (κ2) is 7.35. The number of nitrogens with zero attached hydrogens (tertiary/aromatic N) is 4. The Kier molecular flexibility index (Phi) is 4.78. The van der Waals surface area contributed by atoms with Gasteiger partial charge in [0.2, 0.25) is 0 Å². The highest BCUT2D eigenvalue weighted by molar-refractivity contribution is 5.31. The molecule has 1 atom stereocenters. The van der Waals surface area contributed by atoms with Gasteiger partial charge in [0.1, 0.15) is 18.1 Å². The van der Waals surface area contributed by atoms with E-state index in [-0.39, 0.29) is 6.10 Å². The fourth-order valence-electron chi connectivity index (χ4n) is 2.05. The lowest BCUT2D eigenvalue weighted by Gasteiger charge is -2.14. The van der Waals surface area contributed by atoms with Crippen molar-refractivity contribution in [3.05, 3.63) is 60.2 Å². The van der Waals surface area contributed by atoms with E-state index < -0.39 is 0 Å². The molecule has 0 radical (unpaired) electrons. The van der Waals surface area contributed by atoms with Crippen molar-refractivity contribution in [3.63, 3.8) is 0 Å². The molecule has 2 heterocycles. The average molecular weight is 311 g/mol. The predicted octanol–water partition coefficient (Wildman–Crippen LogP) is 2.70. The summed E-state index contributed by atoms with van der Waals surface area (Å²) in [6.07, 6.45) is 2.30. The van der Waals surface area contributed by atoms with Crippen molar-refractivity contribution < 1.29 is 9.47 Å². The minimum absolute atomic E-state index is 0.203. The lowest BCUT2D eigenvalue weighted by molar-refractivity contribution is 0.191. The third kappa shape index (κ3) is 4.03. The Bertz CT molecular complexity index is 701. The van der Waals surface area contributed by atoms with Crippen molar-refractivity contribution in [2.24, 2.45) is 0 Å². The summed E-state index contributed by atoms with van der Waals surface area (Å²) in [5.41, 5.74) is 0.886. The molecule has 0 aliphatic heterocycles. The van der Waals surface area contributed by atoms with Gasteiger partial charge in [-0.15, -0.1) is 5.10 Å². The number of H-pyrrole nitrogens is 1. The molecule has 0 bridgehead atoms. The zero-order valence-electron chi connectivity index (χ0n) is 12.7. The summed E-state index contributed by atoms with van der Waals surface area (Å²) in [6.45, 7) is 2.44. The van der Waals surface area contributed by atoms with Gasteiger partial charge in [-0.1, -0.05) is 13.0 Å². The van der Waals surface area contributed by atoms with Crippen molar-refractivity contribution >= 4 is 0 Å². The molecular weight excluding hydrogens is 294 g/mol. The Hall–Kier alpha value is -2.96. The monoisotopic (exact) mass is 311 g/mol. The number of aromatic nitrogens is 5. The van der Waals surface area contributed by atoms with Gasteiger partial charge in [-0.05, 0) is 53.2 Å². The highest BCUT2D eigenvalue weighted by atomic mass is 16.5. The zero-order valence-corrected chi connectivity index (χ0v) is 12.7. The first-order valence-corrected chi connectivity index (χ1v) is 7.38. The van der Waals surface area contributed by atoms with Crippen LogP contribution in [0.3, 0.4) is 0 Å². The Morgan fingerprint density at radius 2 is 1.91 bits per heavy atom. The third-order valence-electron chi connectivity index (χ3n) is 3.25. The van der Waals surface area contributed by atoms with Crippen molar-refractivity contribution in [2.75, 3.05) is 0 Å². The van der Waals surface area contributed by atoms with Gasteiger partial charge in [-0.25, -0.2) is 5.10 Å². The zero-order chi connectivity index (χ0) is 15.9. The van der Waals surface area contributed by atoms with Crippen LogP contribution >= 0.6 is 0 Å². The fraction of sp³-hybridized carbons (Fsp3) is 0.250. The number of hydrogen-bond acceptors (Lipinski definition) is 6. The number of benzene rings is 1. The second-order valence-electron chi connectivity index (χ2n) is 4.88. The SMILES string of the molecule is CCC(Oc1ccc(OCc2ccccn2)cc1)c1nnn[nH]1. The van der Waals surface area contributed by atoms with Crippen molar-refractivity contribution in [1.82, 2.24) is 25.6 Å². The fourth-order valence-corrected chi connectivity index (χ4v) is 2.05. The predicted molar refractivity (Wildman–Crippen MR) is 82.8 cm³/mol. The molecule has 23 heavy (non-hydrogen) atoms. The molecule has 3 aromatic rings. The number of tetrazole rings is 1. The van der Waals surface area contributed by atoms with Crippen LogP contribution in [0.5, 0.6) is 11.5 Å². The van der Waals surface area contributed by atoms with Gasteiger partial charge in [0.15, 0.2) is 11.9 Å². The standard InChI is InChI=1S/C16H17N5O2/c1-2-15(16-18-20-21-19-16)23-14-8-6-13(7-9-14)22-11-12-5-3-4-10-17-12/h3-10,15H,2,11H2,1H3,(H,18,19,20,21). The van der Waals surface area contributed by atoms with Gasteiger partial charge in [-0.3, -0.25) is 4.98 Å². The lowest BCUT2D eigenvalue weighted by atomic mass is 10.2. The van der Waals surface area contributed by atoms with Crippen molar-refractivity contribution in [2.45, 2.75) is 26.1 Å². The molecule has 0 aliphatic rings. The molecule has 7 nitrogen and oxygen atoms in total. The molecule has 1 N–H and O–H groups in total. The van der Waals surface area contributed by atoms with Crippen LogP contribution in [-0.4, -0.2) is 25.6 Å². The topological polar surface area (TPSA) is 85.8 Å². The van der Waals surface area contributed by atoms with Crippen LogP contribution in [0.1, 0.15) is 31.0 Å². The van der Waals surface area contributed by atoms with E-state index in [1.807, 2.05) is 49.4 Å². The largest absolute Gasteiger partial charge is 0.487 e. The minimum atomic E-state index is -0.203. The second-order valence-corrected chi connectivity index (χ2v) is 4.88. The Balaban J connectivity index is 1.58. The Labute approximate surface area is 133 Å². The molecule has 0 spiro atoms. The minimum Gasteiger partial charge on any atom is -0.487 e. The number of pyridine rings is 1. The van der Waals surface area contributed by atoms with E-state index in [0.717, 1.165) is 23.6 Å². The number of rotatable bonds is 7. The summed E-state index contributed by atoms with van der Waals surface area (Å²) in [5, 5.41) is 13.8. The van der Waals surface area contributed by atoms with Crippen LogP contribution in [-0.2, 0) is 6.61 Å². The van der Waals surface area contributed by atoms with Crippen LogP contribution in [0.25, 0.3) is 0 Å². The van der Waals surface area contributed by atoms with Crippen LogP contribution < -0.4 is 9.47 Å². The van der Waals surface area contributed by atoms with Gasteiger partial charge in [0.25, 0.3) is 0 Å². The summed E-state index contributed by atoms with van der Waals surface area (Å²) < 4.78 is 11.6. The average Bonchev–Trinajstić information content (AvgIpc) is 3.14. The van der Waals surface area contributed by atoms with E-state index in [2.05, 4.69) is 25.6 Å². The lowest BCUT2D eigenvalue weighted by Crippen LogP contribution is -2.08. The van der Waals surface area contributed by atoms with Gasteiger partial charge < -0.3 is 9.47 Å². The molecular formula is C16H17N5O2. The van der Waals surface area contributed by atoms with E-state index in [4.69, 9.17) is 9.47 Å². The number of nitrogens with one attached hydrogen (secondary N) is 1. The molecule has 118 valence electrons. The first kappa shape index (κ1) is 15.0. The summed E-state index contributed by atoms with van der Waals surface area (Å²) in [5.74, 6) is 2.11. The molecule has 1 unspecified atom stereocenters. The molecule has 0 amide bonds. The molecule has 7 heteroatoms. The van der Waals surface area contributed by atoms with E-state index in [1.54, 1.807) is 6.20 Å². The first-order valence-electron chi connectivity index (χ1n) is 7.38. The maximum absolute atomic E-state index is 5.88. The maximum atomic E-state index is 5.88. The molecule has 1 aromatic carbocycles. The van der Waals surface area contributed by atoms with Crippen molar-refractivity contribution in [1.29, 1.82) is 0 Å². The van der Waals surface area contributed by atoms with E-state index in [1.165, 1.54) is 0 Å². The van der Waals surface area contributed by atoms with Gasteiger partial charge >= 0.3 is 0 Å². The van der Waals surface area contributed by atoms with Gasteiger partial charge in [-0.2, -0.15) is 0 Å². The van der Waals surface area contributed by atoms with Crippen molar-refractivity contribution in [3.8, 4) is 11.5 Å². The smallest absolute Gasteiger partial charge is 0.189 e. The highest BCUT2D eigenvalue weighted by Crippen LogP contribution is 2.24. The highest BCUT2D eigenvalue weighted by Gasteiger charge is 2.15. The van der Waals surface area contributed by atoms with Crippen LogP contribution in [0.4, 0.5) is 0 Å². The van der Waals surface area contributed by atoms with Gasteiger partial charge in [0, 0.05) is 6.20 Å². The van der Waals surface area contributed by atoms with E-state index >= 15 is 0 Å². The molecule has 3 rings (SSSR count). The summed E-state index contributed by atoms with van der Waals surface area (Å²) in [7, 11) is 0. The molecule has 2 aromatic heterocycles. The number of hydrogen-bond donors (Lipinski definition) is 1. The van der Waals surface area contributed by atoms with Crippen LogP contribution in [0.15, 0.2) is 48.7 Å². The number of ether oxygens (including phenoxy) is 2. The molecule has 0 fully saturated rings. The molecule has 0 saturated carbocycles. The molecule has 0 aliphatic carbocycles. The summed E-state index contributed by atoms with van der Waals surface area (Å²) in [4.78, 5) is 4.22. The maximum Gasteiger partial charge on any atom is 0.189 e. The van der Waals surface area contributed by atoms with E-state index in [0.29, 0.717) is 12.4 Å². The molecule has 0 saturated heterocycles. The van der Waals surface area contributed by atoms with E-state index in [9.17, 15) is 0 Å². The Morgan fingerprint density at radius 1 is 1.09 bits per heavy atom. The summed E-state index contributed by atoms with van der Waals surface area (Å²) in [6, 6.07) is 13.2.